The van der Waals surface area contributed by atoms with Gasteiger partial charge >= 0.3 is 0 Å². The molecule has 0 atom stereocenters. The van der Waals surface area contributed by atoms with Gasteiger partial charge in [-0.15, -0.1) is 0 Å². The van der Waals surface area contributed by atoms with E-state index in [1.165, 1.54) is 44.9 Å². The highest BCUT2D eigenvalue weighted by atomic mass is 16.5. The van der Waals surface area contributed by atoms with Crippen LogP contribution in [0.3, 0.4) is 0 Å². The number of nitrogens with one attached hydrogen (secondary N) is 2. The van der Waals surface area contributed by atoms with Crippen molar-refractivity contribution in [2.24, 2.45) is 0 Å². The fourth-order valence-electron chi connectivity index (χ4n) is 3.52. The molecule has 33 heavy (non-hydrogen) atoms. The molecule has 0 unspecified atom stereocenters. The van der Waals surface area contributed by atoms with Gasteiger partial charge in [0.1, 0.15) is 11.5 Å². The molecule has 0 saturated heterocycles. The summed E-state index contributed by atoms with van der Waals surface area (Å²) in [6.07, 6.45) is 10.1. The van der Waals surface area contributed by atoms with Crippen molar-refractivity contribution in [1.29, 1.82) is 0 Å². The Labute approximate surface area is 198 Å². The van der Waals surface area contributed by atoms with E-state index in [9.17, 15) is 9.59 Å². The average Bonchev–Trinajstić information content (AvgIpc) is 2.84. The van der Waals surface area contributed by atoms with E-state index in [4.69, 9.17) is 9.47 Å². The Hall–Kier alpha value is -3.02. The largest absolute Gasteiger partial charge is 0.494 e. The van der Waals surface area contributed by atoms with Crippen LogP contribution in [0.1, 0.15) is 85.9 Å². The highest BCUT2D eigenvalue weighted by Crippen LogP contribution is 2.27. The van der Waals surface area contributed by atoms with Crippen molar-refractivity contribution < 1.29 is 19.1 Å². The fraction of sp³-hybridized carbons (Fsp3) is 0.481. The molecule has 0 aliphatic rings. The van der Waals surface area contributed by atoms with Gasteiger partial charge in [0, 0.05) is 18.2 Å². The van der Waals surface area contributed by atoms with Crippen LogP contribution in [0.2, 0.25) is 0 Å². The molecule has 0 aliphatic carbocycles. The van der Waals surface area contributed by atoms with Gasteiger partial charge in [-0.1, -0.05) is 51.9 Å². The summed E-state index contributed by atoms with van der Waals surface area (Å²) in [6.45, 7) is 5.24. The number of hydrogen-bond acceptors (Lipinski definition) is 4. The number of amides is 2. The molecular formula is C27H38N2O4. The van der Waals surface area contributed by atoms with Crippen molar-refractivity contribution in [1.82, 2.24) is 5.32 Å². The number of unbranched alkanes of at least 4 members (excludes halogenated alkanes) is 7. The van der Waals surface area contributed by atoms with E-state index >= 15 is 0 Å². The van der Waals surface area contributed by atoms with Gasteiger partial charge < -0.3 is 20.1 Å². The number of carbonyl (C=O) groups is 2. The van der Waals surface area contributed by atoms with Crippen LogP contribution in [0.5, 0.6) is 11.5 Å². The first-order chi connectivity index (χ1) is 16.1. The molecule has 2 amide bonds. The lowest BCUT2D eigenvalue weighted by atomic mass is 10.1. The van der Waals surface area contributed by atoms with Crippen LogP contribution in [-0.4, -0.2) is 32.1 Å². The Balaban J connectivity index is 1.84. The summed E-state index contributed by atoms with van der Waals surface area (Å²) in [5.41, 5.74) is 1.40. The first-order valence-corrected chi connectivity index (χ1v) is 12.1. The van der Waals surface area contributed by atoms with Gasteiger partial charge in [-0.3, -0.25) is 9.59 Å². The maximum Gasteiger partial charge on any atom is 0.255 e. The summed E-state index contributed by atoms with van der Waals surface area (Å²) in [4.78, 5) is 24.7. The Kier molecular flexibility index (Phi) is 11.9. The average molecular weight is 455 g/mol. The van der Waals surface area contributed by atoms with Crippen LogP contribution < -0.4 is 20.1 Å². The van der Waals surface area contributed by atoms with Crippen LogP contribution in [0.15, 0.2) is 42.5 Å². The minimum atomic E-state index is -0.278. The first-order valence-electron chi connectivity index (χ1n) is 12.1. The highest BCUT2D eigenvalue weighted by molar-refractivity contribution is 6.06. The van der Waals surface area contributed by atoms with Crippen molar-refractivity contribution in [3.63, 3.8) is 0 Å². The Morgan fingerprint density at radius 2 is 1.39 bits per heavy atom. The van der Waals surface area contributed by atoms with Crippen LogP contribution >= 0.6 is 0 Å². The number of benzene rings is 2. The first kappa shape index (κ1) is 26.2. The SMILES string of the molecule is CCCCCCCCCCOc1ccc(C(=O)Nc2cc(C(=O)NC)ccc2OCC)cc1. The maximum atomic E-state index is 12.8. The summed E-state index contributed by atoms with van der Waals surface area (Å²) >= 11 is 0. The molecule has 0 spiro atoms. The Morgan fingerprint density at radius 3 is 2.03 bits per heavy atom. The molecule has 0 bridgehead atoms. The third-order valence-corrected chi connectivity index (χ3v) is 5.40. The number of anilines is 1. The van der Waals surface area contributed by atoms with Gasteiger partial charge in [0.15, 0.2) is 0 Å². The summed E-state index contributed by atoms with van der Waals surface area (Å²) in [5, 5.41) is 5.43. The predicted octanol–water partition coefficient (Wildman–Crippen LogP) is 6.22. The lowest BCUT2D eigenvalue weighted by Gasteiger charge is -2.13. The van der Waals surface area contributed by atoms with E-state index in [-0.39, 0.29) is 11.8 Å². The van der Waals surface area contributed by atoms with Crippen molar-refractivity contribution in [2.45, 2.75) is 65.2 Å². The molecule has 2 aromatic rings. The van der Waals surface area contributed by atoms with Crippen molar-refractivity contribution >= 4 is 17.5 Å². The molecular weight excluding hydrogens is 416 g/mol. The minimum absolute atomic E-state index is 0.230. The molecule has 180 valence electrons. The van der Waals surface area contributed by atoms with E-state index in [2.05, 4.69) is 17.6 Å². The second-order valence-corrected chi connectivity index (χ2v) is 8.02. The lowest BCUT2D eigenvalue weighted by Crippen LogP contribution is -2.19. The molecule has 0 aliphatic heterocycles. The number of ether oxygens (including phenoxy) is 2. The lowest BCUT2D eigenvalue weighted by molar-refractivity contribution is 0.0961. The van der Waals surface area contributed by atoms with Gasteiger partial charge in [-0.2, -0.15) is 0 Å². The summed E-state index contributed by atoms with van der Waals surface area (Å²) in [6, 6.07) is 12.1. The van der Waals surface area contributed by atoms with Crippen LogP contribution in [0.25, 0.3) is 0 Å². The summed E-state index contributed by atoms with van der Waals surface area (Å²) < 4.78 is 11.4. The zero-order valence-corrected chi connectivity index (χ0v) is 20.2. The van der Waals surface area contributed by atoms with Crippen LogP contribution in [0, 0.1) is 0 Å². The normalized spacial score (nSPS) is 10.5. The highest BCUT2D eigenvalue weighted by Gasteiger charge is 2.13. The van der Waals surface area contributed by atoms with Crippen LogP contribution in [0.4, 0.5) is 5.69 Å². The van der Waals surface area contributed by atoms with Gasteiger partial charge in [-0.25, -0.2) is 0 Å². The molecule has 2 N–H and O–H groups in total. The zero-order chi connectivity index (χ0) is 23.9. The molecule has 0 saturated carbocycles. The third kappa shape index (κ3) is 9.16. The topological polar surface area (TPSA) is 76.7 Å². The van der Waals surface area contributed by atoms with Gasteiger partial charge in [0.25, 0.3) is 11.8 Å². The minimum Gasteiger partial charge on any atom is -0.494 e. The summed E-state index contributed by atoms with van der Waals surface area (Å²) in [5.74, 6) is 0.765. The molecule has 0 aromatic heterocycles. The molecule has 0 heterocycles. The zero-order valence-electron chi connectivity index (χ0n) is 20.2. The van der Waals surface area contributed by atoms with E-state index in [0.29, 0.717) is 35.8 Å². The van der Waals surface area contributed by atoms with Crippen LogP contribution in [-0.2, 0) is 0 Å². The van der Waals surface area contributed by atoms with Crippen molar-refractivity contribution in [3.05, 3.63) is 53.6 Å². The second-order valence-electron chi connectivity index (χ2n) is 8.02. The number of hydrogen-bond donors (Lipinski definition) is 2. The monoisotopic (exact) mass is 454 g/mol. The Morgan fingerprint density at radius 1 is 0.758 bits per heavy atom. The summed E-state index contributed by atoms with van der Waals surface area (Å²) in [7, 11) is 1.56. The van der Waals surface area contributed by atoms with Gasteiger partial charge in [0.2, 0.25) is 0 Å². The predicted molar refractivity (Wildman–Crippen MR) is 134 cm³/mol. The molecule has 0 fully saturated rings. The van der Waals surface area contributed by atoms with E-state index < -0.39 is 0 Å². The molecule has 0 radical (unpaired) electrons. The fourth-order valence-corrected chi connectivity index (χ4v) is 3.52. The molecule has 2 aromatic carbocycles. The maximum absolute atomic E-state index is 12.8. The smallest absolute Gasteiger partial charge is 0.255 e. The molecule has 2 rings (SSSR count). The molecule has 6 heteroatoms. The van der Waals surface area contributed by atoms with Gasteiger partial charge in [-0.05, 0) is 55.8 Å². The van der Waals surface area contributed by atoms with Crippen molar-refractivity contribution in [2.75, 3.05) is 25.6 Å². The van der Waals surface area contributed by atoms with Crippen molar-refractivity contribution in [3.8, 4) is 11.5 Å². The molecule has 6 nitrogen and oxygen atoms in total. The standard InChI is InChI=1S/C27H38N2O4/c1-4-6-7-8-9-10-11-12-19-33-23-16-13-21(14-17-23)27(31)29-24-20-22(26(30)28-3)15-18-25(24)32-5-2/h13-18,20H,4-12,19H2,1-3H3,(H,28,30)(H,29,31). The Bertz CT molecular complexity index is 865. The number of rotatable bonds is 15. The van der Waals surface area contributed by atoms with E-state index in [1.54, 1.807) is 37.4 Å². The third-order valence-electron chi connectivity index (χ3n) is 5.40. The number of carbonyl (C=O) groups excluding carboxylic acids is 2. The quantitative estimate of drug-likeness (QED) is 0.313. The van der Waals surface area contributed by atoms with E-state index in [0.717, 1.165) is 12.2 Å². The van der Waals surface area contributed by atoms with E-state index in [1.807, 2.05) is 19.1 Å². The van der Waals surface area contributed by atoms with Gasteiger partial charge in [0.05, 0.1) is 18.9 Å². The second kappa shape index (κ2) is 14.9.